The lowest BCUT2D eigenvalue weighted by Gasteiger charge is -2.31. The number of aromatic nitrogens is 1. The first-order valence-corrected chi connectivity index (χ1v) is 14.1. The molecule has 0 unspecified atom stereocenters. The Morgan fingerprint density at radius 2 is 1.72 bits per heavy atom. The van der Waals surface area contributed by atoms with E-state index < -0.39 is 10.0 Å². The van der Waals surface area contributed by atoms with E-state index in [1.807, 2.05) is 0 Å². The van der Waals surface area contributed by atoms with Crippen LogP contribution in [0.25, 0.3) is 0 Å². The minimum atomic E-state index is -3.93. The highest BCUT2D eigenvalue weighted by Crippen LogP contribution is 2.33. The van der Waals surface area contributed by atoms with Gasteiger partial charge in [0.2, 0.25) is 15.9 Å². The first kappa shape index (κ1) is 26.5. The van der Waals surface area contributed by atoms with Crippen molar-refractivity contribution in [3.8, 4) is 5.75 Å². The Bertz CT molecular complexity index is 1250. The molecule has 0 spiro atoms. The van der Waals surface area contributed by atoms with Crippen LogP contribution in [0.5, 0.6) is 5.75 Å². The Balaban J connectivity index is 1.48. The van der Waals surface area contributed by atoms with Gasteiger partial charge in [-0.3, -0.25) is 9.59 Å². The first-order valence-electron chi connectivity index (χ1n) is 12.3. The largest absolute Gasteiger partial charge is 0.495 e. The number of rotatable bonds is 6. The third-order valence-corrected chi connectivity index (χ3v) is 9.32. The number of methoxy groups -OCH3 is 1. The summed E-state index contributed by atoms with van der Waals surface area (Å²) in [6.07, 6.45) is 3.66. The summed E-state index contributed by atoms with van der Waals surface area (Å²) in [5, 5.41) is 3.33. The molecule has 2 aromatic rings. The Hall–Kier alpha value is -2.56. The summed E-state index contributed by atoms with van der Waals surface area (Å²) in [6.45, 7) is 5.08. The Morgan fingerprint density at radius 1 is 1.06 bits per heavy atom. The topological polar surface area (TPSA) is 112 Å². The Kier molecular flexibility index (Phi) is 7.96. The van der Waals surface area contributed by atoms with E-state index in [1.54, 1.807) is 36.9 Å². The van der Waals surface area contributed by atoms with E-state index in [1.165, 1.54) is 11.4 Å². The fourth-order valence-electron chi connectivity index (χ4n) is 5.09. The molecule has 2 fully saturated rings. The van der Waals surface area contributed by atoms with Gasteiger partial charge in [0.1, 0.15) is 10.6 Å². The fourth-order valence-corrected chi connectivity index (χ4v) is 7.15. The molecule has 0 radical (unpaired) electrons. The number of amides is 2. The zero-order valence-corrected chi connectivity index (χ0v) is 22.5. The van der Waals surface area contributed by atoms with Crippen LogP contribution in [0.4, 0.5) is 5.69 Å². The molecule has 1 aromatic heterocycles. The summed E-state index contributed by atoms with van der Waals surface area (Å²) in [5.41, 5.74) is 1.74. The van der Waals surface area contributed by atoms with Crippen LogP contribution in [0.15, 0.2) is 23.1 Å². The van der Waals surface area contributed by atoms with Crippen molar-refractivity contribution >= 4 is 39.1 Å². The van der Waals surface area contributed by atoms with Gasteiger partial charge in [-0.25, -0.2) is 8.42 Å². The van der Waals surface area contributed by atoms with Crippen LogP contribution in [-0.2, 0) is 14.8 Å². The van der Waals surface area contributed by atoms with Crippen LogP contribution in [0.1, 0.15) is 53.8 Å². The number of anilines is 1. The number of aryl methyl sites for hydroxylation is 2. The van der Waals surface area contributed by atoms with Gasteiger partial charge in [-0.2, -0.15) is 4.31 Å². The van der Waals surface area contributed by atoms with E-state index in [0.29, 0.717) is 53.8 Å². The van der Waals surface area contributed by atoms with Crippen LogP contribution in [0, 0.1) is 19.8 Å². The summed E-state index contributed by atoms with van der Waals surface area (Å²) in [5.74, 6) is -0.303. The SMILES string of the molecule is COc1ccc(Cl)cc1NC(=O)C1CCN(S(=O)(=O)c2c(C)[nH]c(C)c2C(=O)N2CCCCC2)CC1. The second-order valence-electron chi connectivity index (χ2n) is 9.44. The molecule has 4 rings (SSSR count). The molecule has 0 atom stereocenters. The minimum Gasteiger partial charge on any atom is -0.495 e. The second kappa shape index (κ2) is 10.8. The molecule has 11 heteroatoms. The number of hydrogen-bond donors (Lipinski definition) is 2. The van der Waals surface area contributed by atoms with Gasteiger partial charge >= 0.3 is 0 Å². The molecule has 0 aliphatic carbocycles. The van der Waals surface area contributed by atoms with Gasteiger partial charge in [0.05, 0.1) is 18.4 Å². The summed E-state index contributed by atoms with van der Waals surface area (Å²) < 4.78 is 34.1. The monoisotopic (exact) mass is 536 g/mol. The van der Waals surface area contributed by atoms with Gasteiger partial charge < -0.3 is 19.9 Å². The van der Waals surface area contributed by atoms with Crippen molar-refractivity contribution in [2.24, 2.45) is 5.92 Å². The van der Waals surface area contributed by atoms with E-state index in [-0.39, 0.29) is 41.3 Å². The highest BCUT2D eigenvalue weighted by Gasteiger charge is 2.38. The van der Waals surface area contributed by atoms with E-state index in [4.69, 9.17) is 16.3 Å². The zero-order chi connectivity index (χ0) is 26.0. The molecule has 2 N–H and O–H groups in total. The van der Waals surface area contributed by atoms with Crippen molar-refractivity contribution in [2.45, 2.75) is 50.8 Å². The maximum atomic E-state index is 13.7. The predicted molar refractivity (Wildman–Crippen MR) is 138 cm³/mol. The van der Waals surface area contributed by atoms with Crippen LogP contribution in [-0.4, -0.2) is 67.7 Å². The van der Waals surface area contributed by atoms with E-state index in [9.17, 15) is 18.0 Å². The highest BCUT2D eigenvalue weighted by molar-refractivity contribution is 7.89. The summed E-state index contributed by atoms with van der Waals surface area (Å²) >= 11 is 6.06. The van der Waals surface area contributed by atoms with E-state index >= 15 is 0 Å². The van der Waals surface area contributed by atoms with Crippen molar-refractivity contribution in [3.63, 3.8) is 0 Å². The van der Waals surface area contributed by atoms with Crippen LogP contribution < -0.4 is 10.1 Å². The molecule has 2 aliphatic rings. The minimum absolute atomic E-state index is 0.0575. The number of aromatic amines is 1. The average molecular weight is 537 g/mol. The molecular formula is C25H33ClN4O5S. The average Bonchev–Trinajstić information content (AvgIpc) is 3.18. The van der Waals surface area contributed by atoms with E-state index in [0.717, 1.165) is 19.3 Å². The number of nitrogens with one attached hydrogen (secondary N) is 2. The van der Waals surface area contributed by atoms with Gasteiger partial charge in [0, 0.05) is 48.5 Å². The predicted octanol–water partition coefficient (Wildman–Crippen LogP) is 3.96. The van der Waals surface area contributed by atoms with Crippen molar-refractivity contribution in [2.75, 3.05) is 38.6 Å². The number of nitrogens with zero attached hydrogens (tertiary/aromatic N) is 2. The molecule has 2 amide bonds. The molecule has 36 heavy (non-hydrogen) atoms. The van der Waals surface area contributed by atoms with Gasteiger partial charge in [-0.1, -0.05) is 11.6 Å². The lowest BCUT2D eigenvalue weighted by molar-refractivity contribution is -0.120. The number of hydrogen-bond acceptors (Lipinski definition) is 5. The van der Waals surface area contributed by atoms with Crippen molar-refractivity contribution in [3.05, 3.63) is 40.2 Å². The third kappa shape index (κ3) is 5.26. The second-order valence-corrected chi connectivity index (χ2v) is 11.8. The van der Waals surface area contributed by atoms with Crippen LogP contribution in [0.2, 0.25) is 5.02 Å². The third-order valence-electron chi connectivity index (χ3n) is 7.02. The lowest BCUT2D eigenvalue weighted by Crippen LogP contribution is -2.42. The van der Waals surface area contributed by atoms with Gasteiger partial charge in [-0.05, 0) is 64.2 Å². The Morgan fingerprint density at radius 3 is 2.36 bits per heavy atom. The number of carbonyl (C=O) groups excluding carboxylic acids is 2. The van der Waals surface area contributed by atoms with Crippen LogP contribution in [0.3, 0.4) is 0 Å². The van der Waals surface area contributed by atoms with Crippen molar-refractivity contribution in [1.82, 2.24) is 14.2 Å². The highest BCUT2D eigenvalue weighted by atomic mass is 35.5. The zero-order valence-electron chi connectivity index (χ0n) is 20.9. The Labute approximate surface area is 217 Å². The van der Waals surface area contributed by atoms with Gasteiger partial charge in [0.15, 0.2) is 0 Å². The number of halogens is 1. The maximum absolute atomic E-state index is 13.7. The summed E-state index contributed by atoms with van der Waals surface area (Å²) in [4.78, 5) is 31.1. The number of ether oxygens (including phenoxy) is 1. The molecule has 2 saturated heterocycles. The van der Waals surface area contributed by atoms with Gasteiger partial charge in [-0.15, -0.1) is 0 Å². The molecule has 1 aromatic carbocycles. The number of sulfonamides is 1. The van der Waals surface area contributed by atoms with Crippen molar-refractivity contribution in [1.29, 1.82) is 0 Å². The molecule has 3 heterocycles. The number of benzene rings is 1. The van der Waals surface area contributed by atoms with Crippen molar-refractivity contribution < 1.29 is 22.7 Å². The molecule has 0 saturated carbocycles. The first-order chi connectivity index (χ1) is 17.1. The molecular weight excluding hydrogens is 504 g/mol. The molecule has 196 valence electrons. The quantitative estimate of drug-likeness (QED) is 0.580. The van der Waals surface area contributed by atoms with Crippen LogP contribution >= 0.6 is 11.6 Å². The molecule has 2 aliphatic heterocycles. The summed E-state index contributed by atoms with van der Waals surface area (Å²) in [6, 6.07) is 4.97. The van der Waals surface area contributed by atoms with Gasteiger partial charge in [0.25, 0.3) is 5.91 Å². The molecule has 0 bridgehead atoms. The standard InChI is InChI=1S/C25H33ClN4O5S/c1-16-22(25(32)29-11-5-4-6-12-29)23(17(2)27-16)36(33,34)30-13-9-18(10-14-30)24(31)28-20-15-19(26)7-8-21(20)35-3/h7-8,15,18,27H,4-6,9-14H2,1-3H3,(H,28,31). The number of H-pyrrole nitrogens is 1. The maximum Gasteiger partial charge on any atom is 0.257 e. The normalized spacial score (nSPS) is 17.7. The number of piperidine rings is 2. The number of likely N-dealkylation sites (tertiary alicyclic amines) is 1. The number of carbonyl (C=O) groups is 2. The van der Waals surface area contributed by atoms with E-state index in [2.05, 4.69) is 10.3 Å². The summed E-state index contributed by atoms with van der Waals surface area (Å²) in [7, 11) is -2.41. The smallest absolute Gasteiger partial charge is 0.257 e. The fraction of sp³-hybridized carbons (Fsp3) is 0.520. The molecule has 9 nitrogen and oxygen atoms in total. The lowest BCUT2D eigenvalue weighted by atomic mass is 9.97.